The van der Waals surface area contributed by atoms with Gasteiger partial charge in [-0.05, 0) is 58.4 Å². The number of ketones is 1. The Morgan fingerprint density at radius 1 is 1.14 bits per heavy atom. The number of methoxy groups -OCH3 is 1. The van der Waals surface area contributed by atoms with Crippen molar-refractivity contribution in [1.29, 1.82) is 0 Å². The van der Waals surface area contributed by atoms with E-state index in [9.17, 15) is 9.59 Å². The van der Waals surface area contributed by atoms with Gasteiger partial charge in [-0.1, -0.05) is 11.6 Å². The topological polar surface area (TPSA) is 52.6 Å². The van der Waals surface area contributed by atoms with Crippen LogP contribution in [0.3, 0.4) is 0 Å². The molecule has 2 aromatic rings. The van der Waals surface area contributed by atoms with Crippen molar-refractivity contribution in [3.8, 4) is 5.75 Å². The summed E-state index contributed by atoms with van der Waals surface area (Å²) < 4.78 is 10.7. The molecule has 0 unspecified atom stereocenters. The molecule has 0 aromatic heterocycles. The number of hydrogen-bond acceptors (Lipinski definition) is 4. The summed E-state index contributed by atoms with van der Waals surface area (Å²) in [5.41, 5.74) is 0.727. The highest BCUT2D eigenvalue weighted by molar-refractivity contribution is 9.10. The standard InChI is InChI=1S/C16H12BrClO4/c1-21-12-6-7-14(17)13(8-12)16(20)22-9-15(19)10-2-4-11(18)5-3-10/h2-8H,9H2,1H3. The first-order chi connectivity index (χ1) is 10.5. The number of Topliss-reactive ketones (excluding diaryl/α,β-unsaturated/α-hetero) is 1. The van der Waals surface area contributed by atoms with E-state index in [0.717, 1.165) is 0 Å². The molecule has 0 saturated carbocycles. The van der Waals surface area contributed by atoms with Crippen molar-refractivity contribution in [2.24, 2.45) is 0 Å². The molecule has 0 N–H and O–H groups in total. The first-order valence-corrected chi connectivity index (χ1v) is 7.48. The highest BCUT2D eigenvalue weighted by Crippen LogP contribution is 2.23. The number of benzene rings is 2. The third-order valence-electron chi connectivity index (χ3n) is 2.89. The first kappa shape index (κ1) is 16.5. The van der Waals surface area contributed by atoms with Crippen LogP contribution in [0.4, 0.5) is 0 Å². The van der Waals surface area contributed by atoms with Crippen molar-refractivity contribution < 1.29 is 19.1 Å². The fourth-order valence-electron chi connectivity index (χ4n) is 1.72. The second-order valence-corrected chi connectivity index (χ2v) is 5.64. The van der Waals surface area contributed by atoms with Crippen LogP contribution in [0.1, 0.15) is 20.7 Å². The van der Waals surface area contributed by atoms with E-state index in [-0.39, 0.29) is 12.4 Å². The van der Waals surface area contributed by atoms with Crippen LogP contribution < -0.4 is 4.74 Å². The van der Waals surface area contributed by atoms with Crippen molar-refractivity contribution in [1.82, 2.24) is 0 Å². The molecule has 2 aromatic carbocycles. The summed E-state index contributed by atoms with van der Waals surface area (Å²) in [6.07, 6.45) is 0. The molecular weight excluding hydrogens is 372 g/mol. The Balaban J connectivity index is 2.03. The molecule has 4 nitrogen and oxygen atoms in total. The average Bonchev–Trinajstić information content (AvgIpc) is 2.53. The zero-order valence-corrected chi connectivity index (χ0v) is 14.0. The van der Waals surface area contributed by atoms with Gasteiger partial charge in [0.05, 0.1) is 12.7 Å². The number of carbonyl (C=O) groups excluding carboxylic acids is 2. The number of hydrogen-bond donors (Lipinski definition) is 0. The minimum atomic E-state index is -0.604. The maximum absolute atomic E-state index is 12.0. The lowest BCUT2D eigenvalue weighted by atomic mass is 10.1. The molecular formula is C16H12BrClO4. The number of ether oxygens (including phenoxy) is 2. The average molecular weight is 384 g/mol. The van der Waals surface area contributed by atoms with Crippen molar-refractivity contribution >= 4 is 39.3 Å². The Kier molecular flexibility index (Phi) is 5.57. The Morgan fingerprint density at radius 2 is 1.82 bits per heavy atom. The third-order valence-corrected chi connectivity index (χ3v) is 3.84. The van der Waals surface area contributed by atoms with Crippen molar-refractivity contribution in [2.45, 2.75) is 0 Å². The van der Waals surface area contributed by atoms with Gasteiger partial charge in [-0.15, -0.1) is 0 Å². The molecule has 22 heavy (non-hydrogen) atoms. The molecule has 0 bridgehead atoms. The van der Waals surface area contributed by atoms with E-state index >= 15 is 0 Å². The van der Waals surface area contributed by atoms with Crippen molar-refractivity contribution in [2.75, 3.05) is 13.7 Å². The fraction of sp³-hybridized carbons (Fsp3) is 0.125. The second kappa shape index (κ2) is 7.42. The van der Waals surface area contributed by atoms with Gasteiger partial charge >= 0.3 is 5.97 Å². The smallest absolute Gasteiger partial charge is 0.339 e. The number of esters is 1. The minimum Gasteiger partial charge on any atom is -0.497 e. The number of halogens is 2. The molecule has 0 aliphatic heterocycles. The quantitative estimate of drug-likeness (QED) is 0.575. The van der Waals surface area contributed by atoms with Crippen LogP contribution >= 0.6 is 27.5 Å². The molecule has 0 aliphatic carbocycles. The van der Waals surface area contributed by atoms with E-state index in [0.29, 0.717) is 26.4 Å². The van der Waals surface area contributed by atoms with Gasteiger partial charge in [-0.2, -0.15) is 0 Å². The van der Waals surface area contributed by atoms with Crippen LogP contribution in [-0.2, 0) is 4.74 Å². The largest absolute Gasteiger partial charge is 0.497 e. The zero-order valence-electron chi connectivity index (χ0n) is 11.6. The molecule has 0 fully saturated rings. The molecule has 114 valence electrons. The van der Waals surface area contributed by atoms with E-state index in [1.165, 1.54) is 7.11 Å². The van der Waals surface area contributed by atoms with Gasteiger partial charge in [0.1, 0.15) is 5.75 Å². The van der Waals surface area contributed by atoms with Crippen LogP contribution in [0.2, 0.25) is 5.02 Å². The van der Waals surface area contributed by atoms with Gasteiger partial charge in [-0.3, -0.25) is 4.79 Å². The lowest BCUT2D eigenvalue weighted by Crippen LogP contribution is -2.14. The van der Waals surface area contributed by atoms with Gasteiger partial charge in [0.25, 0.3) is 0 Å². The van der Waals surface area contributed by atoms with Crippen molar-refractivity contribution in [3.05, 3.63) is 63.1 Å². The van der Waals surface area contributed by atoms with E-state index in [4.69, 9.17) is 21.1 Å². The lowest BCUT2D eigenvalue weighted by Gasteiger charge is -2.08. The maximum atomic E-state index is 12.0. The molecule has 0 aliphatic rings. The Morgan fingerprint density at radius 3 is 2.45 bits per heavy atom. The summed E-state index contributed by atoms with van der Waals surface area (Å²) >= 11 is 9.02. The van der Waals surface area contributed by atoms with Crippen LogP contribution in [0.15, 0.2) is 46.9 Å². The monoisotopic (exact) mass is 382 g/mol. The molecule has 6 heteroatoms. The molecule has 0 heterocycles. The Hall–Kier alpha value is -1.85. The predicted molar refractivity (Wildman–Crippen MR) is 86.8 cm³/mol. The zero-order chi connectivity index (χ0) is 16.1. The highest BCUT2D eigenvalue weighted by Gasteiger charge is 2.15. The SMILES string of the molecule is COc1ccc(Br)c(C(=O)OCC(=O)c2ccc(Cl)cc2)c1. The summed E-state index contributed by atoms with van der Waals surface area (Å²) in [6, 6.07) is 11.3. The lowest BCUT2D eigenvalue weighted by molar-refractivity contribution is 0.0473. The van der Waals surface area contributed by atoms with Crippen molar-refractivity contribution in [3.63, 3.8) is 0 Å². The van der Waals surface area contributed by atoms with E-state index < -0.39 is 5.97 Å². The van der Waals surface area contributed by atoms with Gasteiger partial charge in [0.2, 0.25) is 0 Å². The van der Waals surface area contributed by atoms with Gasteiger partial charge in [-0.25, -0.2) is 4.79 Å². The van der Waals surface area contributed by atoms with Crippen LogP contribution in [-0.4, -0.2) is 25.5 Å². The summed E-state index contributed by atoms with van der Waals surface area (Å²) in [6.45, 7) is -0.343. The van der Waals surface area contributed by atoms with E-state index in [1.54, 1.807) is 42.5 Å². The summed E-state index contributed by atoms with van der Waals surface area (Å²) in [4.78, 5) is 24.0. The summed E-state index contributed by atoms with van der Waals surface area (Å²) in [5, 5.41) is 0.536. The first-order valence-electron chi connectivity index (χ1n) is 6.30. The molecule has 0 amide bonds. The Bertz CT molecular complexity index is 698. The van der Waals surface area contributed by atoms with E-state index in [1.807, 2.05) is 0 Å². The molecule has 0 atom stereocenters. The minimum absolute atomic E-state index is 0.295. The number of carbonyl (C=O) groups is 2. The molecule has 2 rings (SSSR count). The van der Waals surface area contributed by atoms with Gasteiger partial charge in [0.15, 0.2) is 12.4 Å². The van der Waals surface area contributed by atoms with Gasteiger partial charge in [0, 0.05) is 15.1 Å². The van der Waals surface area contributed by atoms with Crippen LogP contribution in [0, 0.1) is 0 Å². The predicted octanol–water partition coefficient (Wildman–Crippen LogP) is 4.15. The highest BCUT2D eigenvalue weighted by atomic mass is 79.9. The Labute approximate surface area is 141 Å². The summed E-state index contributed by atoms with van der Waals surface area (Å²) in [5.74, 6) is -0.378. The van der Waals surface area contributed by atoms with Gasteiger partial charge < -0.3 is 9.47 Å². The molecule has 0 saturated heterocycles. The van der Waals surface area contributed by atoms with E-state index in [2.05, 4.69) is 15.9 Å². The summed E-state index contributed by atoms with van der Waals surface area (Å²) in [7, 11) is 1.50. The van der Waals surface area contributed by atoms with Crippen LogP contribution in [0.5, 0.6) is 5.75 Å². The second-order valence-electron chi connectivity index (χ2n) is 4.35. The third kappa shape index (κ3) is 4.08. The molecule has 0 radical (unpaired) electrons. The van der Waals surface area contributed by atoms with Crippen LogP contribution in [0.25, 0.3) is 0 Å². The number of rotatable bonds is 5. The normalized spacial score (nSPS) is 10.1. The fourth-order valence-corrected chi connectivity index (χ4v) is 2.25. The molecule has 0 spiro atoms. The maximum Gasteiger partial charge on any atom is 0.339 e.